The van der Waals surface area contributed by atoms with Gasteiger partial charge in [0, 0.05) is 5.75 Å². The smallest absolute Gasteiger partial charge is 0.111 e. The van der Waals surface area contributed by atoms with Gasteiger partial charge in [0.25, 0.3) is 0 Å². The van der Waals surface area contributed by atoms with Crippen LogP contribution in [0.3, 0.4) is 0 Å². The van der Waals surface area contributed by atoms with E-state index >= 15 is 0 Å². The monoisotopic (exact) mass is 146 g/mol. The predicted molar refractivity (Wildman–Crippen MR) is 41.7 cm³/mol. The summed E-state index contributed by atoms with van der Waals surface area (Å²) in [7, 11) is 0. The van der Waals surface area contributed by atoms with Gasteiger partial charge < -0.3 is 4.74 Å². The zero-order chi connectivity index (χ0) is 6.91. The molecule has 0 aromatic rings. The van der Waals surface area contributed by atoms with Gasteiger partial charge in [-0.3, -0.25) is 0 Å². The Kier molecular flexibility index (Phi) is 2.07. The lowest BCUT2D eigenvalue weighted by Crippen LogP contribution is -2.19. The standard InChI is InChI=1S/C7H14OS/c1-4-7(3)8-6(2)5-9-7/h6H,4-5H2,1-3H3/t6-,7-/m0/s1. The van der Waals surface area contributed by atoms with E-state index in [1.54, 1.807) is 0 Å². The topological polar surface area (TPSA) is 9.23 Å². The Morgan fingerprint density at radius 1 is 1.78 bits per heavy atom. The van der Waals surface area contributed by atoms with E-state index in [0.717, 1.165) is 12.2 Å². The summed E-state index contributed by atoms with van der Waals surface area (Å²) in [5, 5.41) is 0. The number of rotatable bonds is 1. The quantitative estimate of drug-likeness (QED) is 0.561. The van der Waals surface area contributed by atoms with Crippen molar-refractivity contribution in [1.82, 2.24) is 0 Å². The van der Waals surface area contributed by atoms with Crippen LogP contribution in [-0.4, -0.2) is 16.8 Å². The van der Waals surface area contributed by atoms with Crippen molar-refractivity contribution in [2.75, 3.05) is 5.75 Å². The first-order valence-corrected chi connectivity index (χ1v) is 4.46. The van der Waals surface area contributed by atoms with Crippen molar-refractivity contribution in [2.45, 2.75) is 38.2 Å². The third kappa shape index (κ3) is 1.62. The molecule has 0 N–H and O–H groups in total. The highest BCUT2D eigenvalue weighted by molar-refractivity contribution is 8.00. The van der Waals surface area contributed by atoms with Crippen LogP contribution in [0.5, 0.6) is 0 Å². The Bertz CT molecular complexity index is 105. The molecule has 1 aliphatic rings. The minimum atomic E-state index is 0.124. The van der Waals surface area contributed by atoms with Crippen molar-refractivity contribution < 1.29 is 4.74 Å². The molecule has 2 atom stereocenters. The average Bonchev–Trinajstić information content (AvgIpc) is 2.13. The van der Waals surface area contributed by atoms with Crippen LogP contribution < -0.4 is 0 Å². The molecule has 2 heteroatoms. The molecule has 0 unspecified atom stereocenters. The van der Waals surface area contributed by atoms with E-state index in [1.807, 2.05) is 11.8 Å². The third-order valence-electron chi connectivity index (χ3n) is 1.72. The van der Waals surface area contributed by atoms with Gasteiger partial charge in [0.2, 0.25) is 0 Å². The molecule has 54 valence electrons. The van der Waals surface area contributed by atoms with Crippen molar-refractivity contribution in [3.05, 3.63) is 0 Å². The molecule has 1 fully saturated rings. The van der Waals surface area contributed by atoms with Crippen LogP contribution in [0.15, 0.2) is 0 Å². The van der Waals surface area contributed by atoms with Gasteiger partial charge in [-0.05, 0) is 20.3 Å². The van der Waals surface area contributed by atoms with Crippen LogP contribution in [0.2, 0.25) is 0 Å². The largest absolute Gasteiger partial charge is 0.361 e. The molecule has 0 amide bonds. The van der Waals surface area contributed by atoms with Gasteiger partial charge in [-0.25, -0.2) is 0 Å². The van der Waals surface area contributed by atoms with Crippen molar-refractivity contribution >= 4 is 11.8 Å². The van der Waals surface area contributed by atoms with Gasteiger partial charge in [0.15, 0.2) is 0 Å². The highest BCUT2D eigenvalue weighted by atomic mass is 32.2. The Hall–Kier alpha value is 0.310. The first-order chi connectivity index (χ1) is 4.16. The van der Waals surface area contributed by atoms with Gasteiger partial charge in [0.1, 0.15) is 4.93 Å². The zero-order valence-corrected chi connectivity index (χ0v) is 7.12. The molecule has 0 spiro atoms. The molecule has 9 heavy (non-hydrogen) atoms. The molecule has 0 saturated carbocycles. The zero-order valence-electron chi connectivity index (χ0n) is 6.31. The number of ether oxygens (including phenoxy) is 1. The van der Waals surface area contributed by atoms with Crippen LogP contribution in [0.1, 0.15) is 27.2 Å². The molecule has 1 aliphatic heterocycles. The van der Waals surface area contributed by atoms with Crippen LogP contribution in [0.25, 0.3) is 0 Å². The summed E-state index contributed by atoms with van der Waals surface area (Å²) in [5.74, 6) is 1.16. The van der Waals surface area contributed by atoms with E-state index in [4.69, 9.17) is 4.74 Å². The molecule has 0 aliphatic carbocycles. The van der Waals surface area contributed by atoms with Gasteiger partial charge in [-0.2, -0.15) is 0 Å². The minimum Gasteiger partial charge on any atom is -0.361 e. The Morgan fingerprint density at radius 2 is 2.44 bits per heavy atom. The van der Waals surface area contributed by atoms with Gasteiger partial charge >= 0.3 is 0 Å². The highest BCUT2D eigenvalue weighted by Gasteiger charge is 2.32. The number of hydrogen-bond acceptors (Lipinski definition) is 2. The second-order valence-electron chi connectivity index (χ2n) is 2.73. The molecule has 0 bridgehead atoms. The lowest BCUT2D eigenvalue weighted by molar-refractivity contribution is 0.0119. The lowest BCUT2D eigenvalue weighted by atomic mass is 10.3. The fraction of sp³-hybridized carbons (Fsp3) is 1.00. The van der Waals surface area contributed by atoms with Crippen LogP contribution in [-0.2, 0) is 4.74 Å². The van der Waals surface area contributed by atoms with E-state index < -0.39 is 0 Å². The lowest BCUT2D eigenvalue weighted by Gasteiger charge is -2.20. The summed E-state index contributed by atoms with van der Waals surface area (Å²) in [6, 6.07) is 0. The van der Waals surface area contributed by atoms with Crippen molar-refractivity contribution in [1.29, 1.82) is 0 Å². The number of hydrogen-bond donors (Lipinski definition) is 0. The summed E-state index contributed by atoms with van der Waals surface area (Å²) in [6.07, 6.45) is 1.57. The SMILES string of the molecule is CC[C@@]1(C)O[C@@H](C)CS1. The van der Waals surface area contributed by atoms with Crippen molar-refractivity contribution in [3.63, 3.8) is 0 Å². The molecule has 0 radical (unpaired) electrons. The van der Waals surface area contributed by atoms with Gasteiger partial charge in [0.05, 0.1) is 6.10 Å². The van der Waals surface area contributed by atoms with E-state index in [0.29, 0.717) is 6.10 Å². The minimum absolute atomic E-state index is 0.124. The van der Waals surface area contributed by atoms with Gasteiger partial charge in [-0.15, -0.1) is 11.8 Å². The summed E-state index contributed by atoms with van der Waals surface area (Å²) in [6.45, 7) is 6.47. The maximum absolute atomic E-state index is 5.66. The summed E-state index contributed by atoms with van der Waals surface area (Å²) in [4.78, 5) is 0.124. The normalized spacial score (nSPS) is 43.7. The Balaban J connectivity index is 2.45. The summed E-state index contributed by atoms with van der Waals surface area (Å²) in [5.41, 5.74) is 0. The second kappa shape index (κ2) is 2.51. The van der Waals surface area contributed by atoms with Crippen LogP contribution in [0.4, 0.5) is 0 Å². The molecule has 1 rings (SSSR count). The molecule has 0 aromatic carbocycles. The van der Waals surface area contributed by atoms with E-state index in [2.05, 4.69) is 20.8 Å². The first kappa shape index (κ1) is 7.42. The maximum atomic E-state index is 5.66. The average molecular weight is 146 g/mol. The van der Waals surface area contributed by atoms with Crippen molar-refractivity contribution in [3.8, 4) is 0 Å². The predicted octanol–water partition coefficient (Wildman–Crippen LogP) is 2.26. The van der Waals surface area contributed by atoms with E-state index in [1.165, 1.54) is 0 Å². The molecule has 1 nitrogen and oxygen atoms in total. The second-order valence-corrected chi connectivity index (χ2v) is 4.21. The van der Waals surface area contributed by atoms with E-state index in [-0.39, 0.29) is 4.93 Å². The van der Waals surface area contributed by atoms with E-state index in [9.17, 15) is 0 Å². The molecular formula is C7H14OS. The Labute approximate surface area is 61.2 Å². The van der Waals surface area contributed by atoms with Crippen LogP contribution in [0, 0.1) is 0 Å². The number of thioether (sulfide) groups is 1. The Morgan fingerprint density at radius 3 is 2.67 bits per heavy atom. The van der Waals surface area contributed by atoms with Crippen molar-refractivity contribution in [2.24, 2.45) is 0 Å². The maximum Gasteiger partial charge on any atom is 0.111 e. The summed E-state index contributed by atoms with van der Waals surface area (Å²) >= 11 is 1.93. The van der Waals surface area contributed by atoms with Crippen LogP contribution >= 0.6 is 11.8 Å². The third-order valence-corrected chi connectivity index (χ3v) is 3.35. The molecule has 0 aromatic heterocycles. The summed E-state index contributed by atoms with van der Waals surface area (Å²) < 4.78 is 5.66. The van der Waals surface area contributed by atoms with Gasteiger partial charge in [-0.1, -0.05) is 6.92 Å². The fourth-order valence-electron chi connectivity index (χ4n) is 0.973. The fourth-order valence-corrected chi connectivity index (χ4v) is 2.06. The molecule has 1 heterocycles. The first-order valence-electron chi connectivity index (χ1n) is 3.48. The molecule has 1 saturated heterocycles. The molecular weight excluding hydrogens is 132 g/mol. The highest BCUT2D eigenvalue weighted by Crippen LogP contribution is 2.38.